The number of carbonyl (C=O) groups excluding carboxylic acids is 1. The minimum absolute atomic E-state index is 0.103. The minimum Gasteiger partial charge on any atom is -0.399 e. The van der Waals surface area contributed by atoms with Gasteiger partial charge in [-0.2, -0.15) is 0 Å². The molecular weight excluding hydrogens is 304 g/mol. The molecule has 3 rings (SSSR count). The molecular formula is C19H22N2OS. The standard InChI is InChI=1S/C19H22N2OS/c1-13-10-11-14(20)12-16(13)19(22)21-17-8-4-5-9-18(17)23-15-6-2-3-7-15/h4-5,8-12,15H,2-3,6-7,20H2,1H3,(H,21,22). The van der Waals surface area contributed by atoms with E-state index >= 15 is 0 Å². The Bertz CT molecular complexity index is 708. The molecule has 0 radical (unpaired) electrons. The molecule has 3 nitrogen and oxygen atoms in total. The van der Waals surface area contributed by atoms with Gasteiger partial charge in [0.15, 0.2) is 0 Å². The van der Waals surface area contributed by atoms with Crippen LogP contribution in [0.1, 0.15) is 41.6 Å². The largest absolute Gasteiger partial charge is 0.399 e. The molecule has 0 aromatic heterocycles. The van der Waals surface area contributed by atoms with Crippen LogP contribution in [0.4, 0.5) is 11.4 Å². The van der Waals surface area contributed by atoms with Crippen LogP contribution >= 0.6 is 11.8 Å². The lowest BCUT2D eigenvalue weighted by Crippen LogP contribution is -2.14. The third kappa shape index (κ3) is 3.88. The SMILES string of the molecule is Cc1ccc(N)cc1C(=O)Nc1ccccc1SC1CCCC1. The number of thioether (sulfide) groups is 1. The molecule has 23 heavy (non-hydrogen) atoms. The summed E-state index contributed by atoms with van der Waals surface area (Å²) < 4.78 is 0. The van der Waals surface area contributed by atoms with E-state index in [0.717, 1.165) is 16.1 Å². The molecule has 0 spiro atoms. The second-order valence-corrected chi connectivity index (χ2v) is 7.39. The van der Waals surface area contributed by atoms with Crippen molar-refractivity contribution in [2.75, 3.05) is 11.1 Å². The van der Waals surface area contributed by atoms with E-state index in [9.17, 15) is 4.79 Å². The summed E-state index contributed by atoms with van der Waals surface area (Å²) in [6, 6.07) is 13.5. The van der Waals surface area contributed by atoms with Crippen molar-refractivity contribution in [3.63, 3.8) is 0 Å². The van der Waals surface area contributed by atoms with Crippen LogP contribution in [-0.2, 0) is 0 Å². The highest BCUT2D eigenvalue weighted by molar-refractivity contribution is 8.00. The Morgan fingerprint density at radius 2 is 1.91 bits per heavy atom. The summed E-state index contributed by atoms with van der Waals surface area (Å²) in [6.45, 7) is 1.92. The molecule has 0 unspecified atom stereocenters. The van der Waals surface area contributed by atoms with Crippen molar-refractivity contribution in [2.24, 2.45) is 0 Å². The smallest absolute Gasteiger partial charge is 0.256 e. The molecule has 120 valence electrons. The summed E-state index contributed by atoms with van der Waals surface area (Å²) in [7, 11) is 0. The van der Waals surface area contributed by atoms with Crippen LogP contribution in [0.15, 0.2) is 47.4 Å². The Balaban J connectivity index is 1.79. The molecule has 1 saturated carbocycles. The Morgan fingerprint density at radius 1 is 1.17 bits per heavy atom. The normalized spacial score (nSPS) is 14.8. The van der Waals surface area contributed by atoms with Gasteiger partial charge in [0.05, 0.1) is 5.69 Å². The fraction of sp³-hybridized carbons (Fsp3) is 0.316. The van der Waals surface area contributed by atoms with Gasteiger partial charge in [0, 0.05) is 21.4 Å². The van der Waals surface area contributed by atoms with Gasteiger partial charge in [0.25, 0.3) is 5.91 Å². The predicted molar refractivity (Wildman–Crippen MR) is 98.1 cm³/mol. The van der Waals surface area contributed by atoms with Crippen molar-refractivity contribution in [3.05, 3.63) is 53.6 Å². The first-order chi connectivity index (χ1) is 11.1. The first-order valence-electron chi connectivity index (χ1n) is 8.06. The number of hydrogen-bond acceptors (Lipinski definition) is 3. The van der Waals surface area contributed by atoms with Crippen molar-refractivity contribution in [1.82, 2.24) is 0 Å². The number of aryl methyl sites for hydroxylation is 1. The lowest BCUT2D eigenvalue weighted by molar-refractivity contribution is 0.102. The summed E-state index contributed by atoms with van der Waals surface area (Å²) in [5.41, 5.74) is 8.86. The molecule has 1 fully saturated rings. The topological polar surface area (TPSA) is 55.1 Å². The van der Waals surface area contributed by atoms with Gasteiger partial charge in [-0.25, -0.2) is 0 Å². The van der Waals surface area contributed by atoms with Crippen LogP contribution in [0, 0.1) is 6.92 Å². The molecule has 0 aliphatic heterocycles. The fourth-order valence-corrected chi connectivity index (χ4v) is 4.26. The molecule has 1 aliphatic carbocycles. The fourth-order valence-electron chi connectivity index (χ4n) is 2.93. The van der Waals surface area contributed by atoms with Crippen LogP contribution in [0.5, 0.6) is 0 Å². The Kier molecular flexibility index (Phi) is 4.91. The number of nitrogens with one attached hydrogen (secondary N) is 1. The van der Waals surface area contributed by atoms with E-state index in [1.54, 1.807) is 6.07 Å². The maximum absolute atomic E-state index is 12.6. The monoisotopic (exact) mass is 326 g/mol. The average molecular weight is 326 g/mol. The molecule has 0 bridgehead atoms. The van der Waals surface area contributed by atoms with Crippen LogP contribution < -0.4 is 11.1 Å². The number of nitrogens with two attached hydrogens (primary N) is 1. The third-order valence-electron chi connectivity index (χ3n) is 4.24. The van der Waals surface area contributed by atoms with E-state index < -0.39 is 0 Å². The highest BCUT2D eigenvalue weighted by Crippen LogP contribution is 2.38. The molecule has 3 N–H and O–H groups in total. The number of anilines is 2. The molecule has 0 saturated heterocycles. The second kappa shape index (κ2) is 7.09. The van der Waals surface area contributed by atoms with Gasteiger partial charge < -0.3 is 11.1 Å². The second-order valence-electron chi connectivity index (χ2n) is 6.05. The maximum Gasteiger partial charge on any atom is 0.256 e. The van der Waals surface area contributed by atoms with Gasteiger partial charge in [-0.15, -0.1) is 11.8 Å². The molecule has 1 amide bonds. The van der Waals surface area contributed by atoms with Crippen molar-refractivity contribution in [2.45, 2.75) is 42.8 Å². The van der Waals surface area contributed by atoms with Gasteiger partial charge in [-0.05, 0) is 49.6 Å². The first-order valence-corrected chi connectivity index (χ1v) is 8.94. The number of nitrogen functional groups attached to an aromatic ring is 1. The summed E-state index contributed by atoms with van der Waals surface area (Å²) >= 11 is 1.88. The van der Waals surface area contributed by atoms with E-state index in [0.29, 0.717) is 16.5 Å². The molecule has 2 aromatic rings. The van der Waals surface area contributed by atoms with Crippen molar-refractivity contribution in [3.8, 4) is 0 Å². The van der Waals surface area contributed by atoms with Crippen molar-refractivity contribution >= 4 is 29.0 Å². The Labute approximate surface area is 141 Å². The number of carbonyl (C=O) groups is 1. The van der Waals surface area contributed by atoms with E-state index in [2.05, 4.69) is 11.4 Å². The number of amides is 1. The zero-order valence-corrected chi connectivity index (χ0v) is 14.2. The van der Waals surface area contributed by atoms with Gasteiger partial charge in [0.1, 0.15) is 0 Å². The number of rotatable bonds is 4. The van der Waals surface area contributed by atoms with Crippen molar-refractivity contribution < 1.29 is 4.79 Å². The molecule has 0 heterocycles. The van der Waals surface area contributed by atoms with E-state index in [1.165, 1.54) is 25.7 Å². The zero-order valence-electron chi connectivity index (χ0n) is 13.3. The van der Waals surface area contributed by atoms with Crippen molar-refractivity contribution in [1.29, 1.82) is 0 Å². The van der Waals surface area contributed by atoms with Gasteiger partial charge in [-0.1, -0.05) is 31.0 Å². The molecule has 4 heteroatoms. The van der Waals surface area contributed by atoms with Gasteiger partial charge in [-0.3, -0.25) is 4.79 Å². The number of hydrogen-bond donors (Lipinski definition) is 2. The lowest BCUT2D eigenvalue weighted by atomic mass is 10.1. The Hall–Kier alpha value is -1.94. The summed E-state index contributed by atoms with van der Waals surface area (Å²) in [5.74, 6) is -0.103. The molecule has 1 aliphatic rings. The third-order valence-corrected chi connectivity index (χ3v) is 5.65. The van der Waals surface area contributed by atoms with Crippen LogP contribution in [0.25, 0.3) is 0 Å². The summed E-state index contributed by atoms with van der Waals surface area (Å²) in [5, 5.41) is 3.72. The highest BCUT2D eigenvalue weighted by Gasteiger charge is 2.18. The van der Waals surface area contributed by atoms with E-state index in [-0.39, 0.29) is 5.91 Å². The minimum atomic E-state index is -0.103. The lowest BCUT2D eigenvalue weighted by Gasteiger charge is -2.15. The Morgan fingerprint density at radius 3 is 2.70 bits per heavy atom. The summed E-state index contributed by atoms with van der Waals surface area (Å²) in [4.78, 5) is 13.7. The number of benzene rings is 2. The highest BCUT2D eigenvalue weighted by atomic mass is 32.2. The van der Waals surface area contributed by atoms with Gasteiger partial charge in [0.2, 0.25) is 0 Å². The average Bonchev–Trinajstić information content (AvgIpc) is 3.04. The van der Waals surface area contributed by atoms with E-state index in [4.69, 9.17) is 5.73 Å². The van der Waals surface area contributed by atoms with Crippen LogP contribution in [0.3, 0.4) is 0 Å². The zero-order chi connectivity index (χ0) is 16.2. The molecule has 0 atom stereocenters. The molecule has 2 aromatic carbocycles. The van der Waals surface area contributed by atoms with Gasteiger partial charge >= 0.3 is 0 Å². The first kappa shape index (κ1) is 15.9. The quantitative estimate of drug-likeness (QED) is 0.789. The van der Waals surface area contributed by atoms with E-state index in [1.807, 2.05) is 49.0 Å². The van der Waals surface area contributed by atoms with Crippen LogP contribution in [0.2, 0.25) is 0 Å². The predicted octanol–water partition coefficient (Wildman–Crippen LogP) is 4.86. The summed E-state index contributed by atoms with van der Waals surface area (Å²) in [6.07, 6.45) is 5.16. The maximum atomic E-state index is 12.6. The van der Waals surface area contributed by atoms with Crippen LogP contribution in [-0.4, -0.2) is 11.2 Å². The number of para-hydroxylation sites is 1.